The summed E-state index contributed by atoms with van der Waals surface area (Å²) in [7, 11) is 0. The first-order valence-corrected chi connectivity index (χ1v) is 7.37. The van der Waals surface area contributed by atoms with Crippen molar-refractivity contribution in [2.24, 2.45) is 0 Å². The van der Waals surface area contributed by atoms with E-state index in [2.05, 4.69) is 22.9 Å². The zero-order valence-electron chi connectivity index (χ0n) is 10.6. The van der Waals surface area contributed by atoms with Gasteiger partial charge in [0.2, 0.25) is 0 Å². The van der Waals surface area contributed by atoms with Crippen LogP contribution >= 0.6 is 27.5 Å². The molecular formula is C16H14BrClO. The van der Waals surface area contributed by atoms with Crippen molar-refractivity contribution in [3.05, 3.63) is 68.7 Å². The number of hydrogen-bond acceptors (Lipinski definition) is 1. The minimum Gasteiger partial charge on any atom is -0.289 e. The molecule has 0 spiro atoms. The summed E-state index contributed by atoms with van der Waals surface area (Å²) < 4.78 is 0.739. The van der Waals surface area contributed by atoms with Gasteiger partial charge >= 0.3 is 0 Å². The van der Waals surface area contributed by atoms with Gasteiger partial charge in [-0.25, -0.2) is 0 Å². The van der Waals surface area contributed by atoms with Gasteiger partial charge in [-0.1, -0.05) is 49.2 Å². The molecule has 0 aliphatic rings. The third-order valence-corrected chi connectivity index (χ3v) is 4.15. The number of halogens is 2. The minimum absolute atomic E-state index is 0.0143. The summed E-state index contributed by atoms with van der Waals surface area (Å²) in [5.74, 6) is 0.0143. The Bertz CT molecular complexity index is 590. The maximum absolute atomic E-state index is 12.3. The fourth-order valence-electron chi connectivity index (χ4n) is 1.92. The van der Waals surface area contributed by atoms with Crippen molar-refractivity contribution in [2.75, 3.05) is 0 Å². The van der Waals surface area contributed by atoms with Gasteiger partial charge in [-0.3, -0.25) is 4.79 Å². The van der Waals surface area contributed by atoms with Gasteiger partial charge in [0.1, 0.15) is 0 Å². The first-order valence-electron chi connectivity index (χ1n) is 6.20. The fraction of sp³-hybridized carbons (Fsp3) is 0.188. The van der Waals surface area contributed by atoms with Gasteiger partial charge < -0.3 is 0 Å². The van der Waals surface area contributed by atoms with E-state index in [1.165, 1.54) is 5.56 Å². The van der Waals surface area contributed by atoms with E-state index < -0.39 is 0 Å². The molecule has 2 rings (SSSR count). The number of ketones is 1. The van der Waals surface area contributed by atoms with Crippen molar-refractivity contribution in [1.29, 1.82) is 0 Å². The highest BCUT2D eigenvalue weighted by atomic mass is 79.9. The zero-order valence-corrected chi connectivity index (χ0v) is 13.0. The van der Waals surface area contributed by atoms with E-state index >= 15 is 0 Å². The first-order chi connectivity index (χ1) is 9.11. The summed E-state index contributed by atoms with van der Waals surface area (Å²) in [6.07, 6.45) is 2.15. The molecule has 0 heterocycles. The Hall–Kier alpha value is -1.12. The van der Waals surface area contributed by atoms with E-state index in [1.807, 2.05) is 24.3 Å². The van der Waals surface area contributed by atoms with Crippen molar-refractivity contribution in [2.45, 2.75) is 19.8 Å². The van der Waals surface area contributed by atoms with Crippen LogP contribution in [0.4, 0.5) is 0 Å². The van der Waals surface area contributed by atoms with Crippen LogP contribution in [0.5, 0.6) is 0 Å². The molecule has 0 atom stereocenters. The smallest absolute Gasteiger partial charge is 0.193 e. The molecule has 0 N–H and O–H groups in total. The maximum atomic E-state index is 12.3. The van der Waals surface area contributed by atoms with Crippen LogP contribution in [0.3, 0.4) is 0 Å². The standard InChI is InChI=1S/C16H14BrClO/c1-2-3-11-4-6-12(7-5-11)16(19)13-8-9-15(18)14(17)10-13/h4-10H,2-3H2,1H3. The Morgan fingerprint density at radius 3 is 2.32 bits per heavy atom. The molecular weight excluding hydrogens is 324 g/mol. The van der Waals surface area contributed by atoms with Crippen LogP contribution < -0.4 is 0 Å². The van der Waals surface area contributed by atoms with Gasteiger partial charge in [-0.15, -0.1) is 0 Å². The molecule has 0 aliphatic heterocycles. The number of benzene rings is 2. The molecule has 0 amide bonds. The molecule has 1 nitrogen and oxygen atoms in total. The molecule has 0 bridgehead atoms. The largest absolute Gasteiger partial charge is 0.289 e. The molecule has 0 radical (unpaired) electrons. The maximum Gasteiger partial charge on any atom is 0.193 e. The van der Waals surface area contributed by atoms with Crippen molar-refractivity contribution < 1.29 is 4.79 Å². The topological polar surface area (TPSA) is 17.1 Å². The molecule has 0 saturated carbocycles. The van der Waals surface area contributed by atoms with Crippen molar-refractivity contribution >= 4 is 33.3 Å². The second kappa shape index (κ2) is 6.36. The Balaban J connectivity index is 2.25. The zero-order chi connectivity index (χ0) is 13.8. The van der Waals surface area contributed by atoms with E-state index in [0.717, 1.165) is 17.3 Å². The van der Waals surface area contributed by atoms with Gasteiger partial charge in [0.25, 0.3) is 0 Å². The number of hydrogen-bond donors (Lipinski definition) is 0. The molecule has 0 saturated heterocycles. The number of carbonyl (C=O) groups is 1. The molecule has 0 unspecified atom stereocenters. The molecule has 2 aromatic rings. The first kappa shape index (κ1) is 14.3. The Labute approximate surface area is 126 Å². The van der Waals surface area contributed by atoms with E-state index in [9.17, 15) is 4.79 Å². The predicted molar refractivity (Wildman–Crippen MR) is 83.0 cm³/mol. The van der Waals surface area contributed by atoms with E-state index in [1.54, 1.807) is 18.2 Å². The van der Waals surface area contributed by atoms with Crippen LogP contribution in [0, 0.1) is 0 Å². The number of carbonyl (C=O) groups excluding carboxylic acids is 1. The van der Waals surface area contributed by atoms with Crippen LogP contribution in [0.1, 0.15) is 34.8 Å². The summed E-state index contributed by atoms with van der Waals surface area (Å²) in [6.45, 7) is 2.14. The lowest BCUT2D eigenvalue weighted by atomic mass is 10.0. The highest BCUT2D eigenvalue weighted by Gasteiger charge is 2.10. The molecule has 0 aliphatic carbocycles. The normalized spacial score (nSPS) is 10.5. The monoisotopic (exact) mass is 336 g/mol. The van der Waals surface area contributed by atoms with Crippen molar-refractivity contribution in [3.63, 3.8) is 0 Å². The lowest BCUT2D eigenvalue weighted by Crippen LogP contribution is -2.01. The van der Waals surface area contributed by atoms with Crippen LogP contribution in [0.2, 0.25) is 5.02 Å². The molecule has 98 valence electrons. The van der Waals surface area contributed by atoms with Crippen LogP contribution in [-0.2, 0) is 6.42 Å². The minimum atomic E-state index is 0.0143. The summed E-state index contributed by atoms with van der Waals surface area (Å²) in [5.41, 5.74) is 2.60. The quantitative estimate of drug-likeness (QED) is 0.693. The Kier molecular flexibility index (Phi) is 4.78. The van der Waals surface area contributed by atoms with Crippen molar-refractivity contribution in [1.82, 2.24) is 0 Å². The Morgan fingerprint density at radius 2 is 1.74 bits per heavy atom. The van der Waals surface area contributed by atoms with E-state index in [0.29, 0.717) is 16.1 Å². The highest BCUT2D eigenvalue weighted by molar-refractivity contribution is 9.10. The average Bonchev–Trinajstić information content (AvgIpc) is 2.42. The van der Waals surface area contributed by atoms with E-state index in [-0.39, 0.29) is 5.78 Å². The third kappa shape index (κ3) is 3.46. The van der Waals surface area contributed by atoms with Gasteiger partial charge in [0, 0.05) is 15.6 Å². The van der Waals surface area contributed by atoms with Gasteiger partial charge in [-0.2, -0.15) is 0 Å². The van der Waals surface area contributed by atoms with Gasteiger partial charge in [-0.05, 0) is 46.1 Å². The van der Waals surface area contributed by atoms with Gasteiger partial charge in [0.05, 0.1) is 5.02 Å². The molecule has 0 aromatic heterocycles. The lowest BCUT2D eigenvalue weighted by molar-refractivity contribution is 0.103. The number of aryl methyl sites for hydroxylation is 1. The van der Waals surface area contributed by atoms with Crippen LogP contribution in [0.25, 0.3) is 0 Å². The van der Waals surface area contributed by atoms with Crippen molar-refractivity contribution in [3.8, 4) is 0 Å². The van der Waals surface area contributed by atoms with Gasteiger partial charge in [0.15, 0.2) is 5.78 Å². The predicted octanol–water partition coefficient (Wildman–Crippen LogP) is 5.29. The number of rotatable bonds is 4. The van der Waals surface area contributed by atoms with Crippen LogP contribution in [-0.4, -0.2) is 5.78 Å². The Morgan fingerprint density at radius 1 is 1.11 bits per heavy atom. The molecule has 19 heavy (non-hydrogen) atoms. The third-order valence-electron chi connectivity index (χ3n) is 2.94. The molecule has 0 fully saturated rings. The summed E-state index contributed by atoms with van der Waals surface area (Å²) in [5, 5.41) is 0.606. The second-order valence-electron chi connectivity index (χ2n) is 4.40. The lowest BCUT2D eigenvalue weighted by Gasteiger charge is -2.04. The second-order valence-corrected chi connectivity index (χ2v) is 5.67. The summed E-state index contributed by atoms with van der Waals surface area (Å²) in [6, 6.07) is 13.0. The van der Waals surface area contributed by atoms with Crippen LogP contribution in [0.15, 0.2) is 46.9 Å². The highest BCUT2D eigenvalue weighted by Crippen LogP contribution is 2.24. The molecule has 2 aromatic carbocycles. The molecule has 3 heteroatoms. The average molecular weight is 338 g/mol. The van der Waals surface area contributed by atoms with E-state index in [4.69, 9.17) is 11.6 Å². The summed E-state index contributed by atoms with van der Waals surface area (Å²) in [4.78, 5) is 12.3. The fourth-order valence-corrected chi connectivity index (χ4v) is 2.41. The summed E-state index contributed by atoms with van der Waals surface area (Å²) >= 11 is 9.26. The SMILES string of the molecule is CCCc1ccc(C(=O)c2ccc(Cl)c(Br)c2)cc1.